The molecule has 0 aromatic heterocycles. The molecule has 0 spiro atoms. The SMILES string of the molecule is CC1(C)CCCCC1NCCc1ccccc1[N+](=O)[O-]. The Morgan fingerprint density at radius 3 is 2.80 bits per heavy atom. The summed E-state index contributed by atoms with van der Waals surface area (Å²) >= 11 is 0. The Morgan fingerprint density at radius 2 is 2.10 bits per heavy atom. The van der Waals surface area contributed by atoms with Crippen molar-refractivity contribution in [1.82, 2.24) is 5.32 Å². The second-order valence-corrected chi connectivity index (χ2v) is 6.38. The minimum absolute atomic E-state index is 0.234. The summed E-state index contributed by atoms with van der Waals surface area (Å²) in [7, 11) is 0. The molecule has 1 aliphatic rings. The average molecular weight is 276 g/mol. The summed E-state index contributed by atoms with van der Waals surface area (Å²) in [6.45, 7) is 5.43. The highest BCUT2D eigenvalue weighted by molar-refractivity contribution is 5.39. The normalized spacial score (nSPS) is 21.6. The van der Waals surface area contributed by atoms with Crippen LogP contribution >= 0.6 is 0 Å². The van der Waals surface area contributed by atoms with Gasteiger partial charge < -0.3 is 5.32 Å². The van der Waals surface area contributed by atoms with Gasteiger partial charge in [-0.15, -0.1) is 0 Å². The zero-order chi connectivity index (χ0) is 14.6. The van der Waals surface area contributed by atoms with Gasteiger partial charge in [-0.05, 0) is 31.2 Å². The number of para-hydroxylation sites is 1. The van der Waals surface area contributed by atoms with Crippen molar-refractivity contribution in [1.29, 1.82) is 0 Å². The van der Waals surface area contributed by atoms with Gasteiger partial charge >= 0.3 is 0 Å². The van der Waals surface area contributed by atoms with Crippen molar-refractivity contribution in [2.24, 2.45) is 5.41 Å². The Balaban J connectivity index is 1.91. The lowest BCUT2D eigenvalue weighted by molar-refractivity contribution is -0.385. The second kappa shape index (κ2) is 6.35. The topological polar surface area (TPSA) is 55.2 Å². The van der Waals surface area contributed by atoms with Crippen LogP contribution in [0.15, 0.2) is 24.3 Å². The standard InChI is InChI=1S/C16H24N2O2/c1-16(2)11-6-5-9-15(16)17-12-10-13-7-3-4-8-14(13)18(19)20/h3-4,7-8,15,17H,5-6,9-12H2,1-2H3. The molecular formula is C16H24N2O2. The maximum absolute atomic E-state index is 11.0. The smallest absolute Gasteiger partial charge is 0.272 e. The Morgan fingerprint density at radius 1 is 1.35 bits per heavy atom. The van der Waals surface area contributed by atoms with Crippen LogP contribution in [0.1, 0.15) is 45.1 Å². The Hall–Kier alpha value is -1.42. The lowest BCUT2D eigenvalue weighted by atomic mass is 9.73. The van der Waals surface area contributed by atoms with Gasteiger partial charge in [-0.1, -0.05) is 44.9 Å². The largest absolute Gasteiger partial charge is 0.313 e. The molecule has 0 saturated heterocycles. The molecule has 0 bridgehead atoms. The molecule has 1 N–H and O–H groups in total. The molecule has 1 aliphatic carbocycles. The van der Waals surface area contributed by atoms with Crippen LogP contribution in [-0.4, -0.2) is 17.5 Å². The predicted molar refractivity (Wildman–Crippen MR) is 80.8 cm³/mol. The molecule has 110 valence electrons. The molecule has 1 aromatic carbocycles. The van der Waals surface area contributed by atoms with E-state index in [1.807, 2.05) is 12.1 Å². The van der Waals surface area contributed by atoms with E-state index >= 15 is 0 Å². The first-order valence-electron chi connectivity index (χ1n) is 7.46. The van der Waals surface area contributed by atoms with Crippen molar-refractivity contribution in [3.63, 3.8) is 0 Å². The summed E-state index contributed by atoms with van der Waals surface area (Å²) in [6, 6.07) is 7.55. The Kier molecular flexibility index (Phi) is 4.76. The molecule has 4 nitrogen and oxygen atoms in total. The number of nitro groups is 1. The van der Waals surface area contributed by atoms with Gasteiger partial charge in [0.2, 0.25) is 0 Å². The van der Waals surface area contributed by atoms with E-state index in [9.17, 15) is 10.1 Å². The van der Waals surface area contributed by atoms with Gasteiger partial charge in [0.05, 0.1) is 4.92 Å². The van der Waals surface area contributed by atoms with Gasteiger partial charge in [0.15, 0.2) is 0 Å². The fourth-order valence-electron chi connectivity index (χ4n) is 3.15. The van der Waals surface area contributed by atoms with Gasteiger partial charge in [-0.2, -0.15) is 0 Å². The van der Waals surface area contributed by atoms with Crippen molar-refractivity contribution >= 4 is 5.69 Å². The second-order valence-electron chi connectivity index (χ2n) is 6.38. The summed E-state index contributed by atoms with van der Waals surface area (Å²) < 4.78 is 0. The van der Waals surface area contributed by atoms with E-state index in [0.29, 0.717) is 17.9 Å². The zero-order valence-electron chi connectivity index (χ0n) is 12.4. The highest BCUT2D eigenvalue weighted by atomic mass is 16.6. The van der Waals surface area contributed by atoms with Crippen LogP contribution in [0.4, 0.5) is 5.69 Å². The number of nitrogens with zero attached hydrogens (tertiary/aromatic N) is 1. The molecule has 0 amide bonds. The summed E-state index contributed by atoms with van der Waals surface area (Å²) in [5.41, 5.74) is 1.39. The lowest BCUT2D eigenvalue weighted by Crippen LogP contribution is -2.44. The van der Waals surface area contributed by atoms with Gasteiger partial charge in [-0.25, -0.2) is 0 Å². The number of hydrogen-bond acceptors (Lipinski definition) is 3. The van der Waals surface area contributed by atoms with E-state index in [0.717, 1.165) is 12.1 Å². The monoisotopic (exact) mass is 276 g/mol. The van der Waals surface area contributed by atoms with E-state index in [1.54, 1.807) is 12.1 Å². The van der Waals surface area contributed by atoms with E-state index in [-0.39, 0.29) is 10.6 Å². The quantitative estimate of drug-likeness (QED) is 0.659. The molecule has 1 saturated carbocycles. The number of benzene rings is 1. The molecule has 4 heteroatoms. The van der Waals surface area contributed by atoms with Crippen molar-refractivity contribution in [3.8, 4) is 0 Å². The van der Waals surface area contributed by atoms with Crippen molar-refractivity contribution in [2.75, 3.05) is 6.54 Å². The molecule has 1 fully saturated rings. The molecule has 0 aliphatic heterocycles. The first-order chi connectivity index (χ1) is 9.50. The lowest BCUT2D eigenvalue weighted by Gasteiger charge is -2.39. The van der Waals surface area contributed by atoms with Crippen LogP contribution in [0.2, 0.25) is 0 Å². The van der Waals surface area contributed by atoms with Gasteiger partial charge in [0.1, 0.15) is 0 Å². The summed E-state index contributed by atoms with van der Waals surface area (Å²) in [4.78, 5) is 10.7. The van der Waals surface area contributed by atoms with Gasteiger partial charge in [0, 0.05) is 17.7 Å². The molecular weight excluding hydrogens is 252 g/mol. The molecule has 20 heavy (non-hydrogen) atoms. The number of nitro benzene ring substituents is 1. The van der Waals surface area contributed by atoms with Gasteiger partial charge in [-0.3, -0.25) is 10.1 Å². The Bertz CT molecular complexity index is 471. The third kappa shape index (κ3) is 3.57. The van der Waals surface area contributed by atoms with Crippen LogP contribution in [0.25, 0.3) is 0 Å². The number of nitrogens with one attached hydrogen (secondary N) is 1. The molecule has 1 atom stereocenters. The van der Waals surface area contributed by atoms with Crippen LogP contribution < -0.4 is 5.32 Å². The van der Waals surface area contributed by atoms with Gasteiger partial charge in [0.25, 0.3) is 5.69 Å². The summed E-state index contributed by atoms with van der Waals surface area (Å²) in [5, 5.41) is 14.6. The number of rotatable bonds is 5. The summed E-state index contributed by atoms with van der Waals surface area (Å²) in [5.74, 6) is 0. The van der Waals surface area contributed by atoms with Crippen molar-refractivity contribution in [2.45, 2.75) is 52.0 Å². The fraction of sp³-hybridized carbons (Fsp3) is 0.625. The zero-order valence-corrected chi connectivity index (χ0v) is 12.4. The fourth-order valence-corrected chi connectivity index (χ4v) is 3.15. The van der Waals surface area contributed by atoms with Crippen LogP contribution in [0.3, 0.4) is 0 Å². The van der Waals surface area contributed by atoms with E-state index < -0.39 is 0 Å². The van der Waals surface area contributed by atoms with Crippen LogP contribution in [0, 0.1) is 15.5 Å². The molecule has 1 unspecified atom stereocenters. The van der Waals surface area contributed by atoms with E-state index in [4.69, 9.17) is 0 Å². The molecule has 0 heterocycles. The molecule has 1 aromatic rings. The molecule has 0 radical (unpaired) electrons. The third-order valence-corrected chi connectivity index (χ3v) is 4.48. The maximum Gasteiger partial charge on any atom is 0.272 e. The minimum atomic E-state index is -0.292. The number of hydrogen-bond donors (Lipinski definition) is 1. The van der Waals surface area contributed by atoms with Crippen molar-refractivity contribution < 1.29 is 4.92 Å². The first-order valence-corrected chi connectivity index (χ1v) is 7.46. The predicted octanol–water partition coefficient (Wildman–Crippen LogP) is 3.70. The van der Waals surface area contributed by atoms with Crippen LogP contribution in [0.5, 0.6) is 0 Å². The summed E-state index contributed by atoms with van der Waals surface area (Å²) in [6.07, 6.45) is 5.78. The van der Waals surface area contributed by atoms with E-state index in [2.05, 4.69) is 19.2 Å². The first kappa shape index (κ1) is 15.0. The average Bonchev–Trinajstić information content (AvgIpc) is 2.41. The van der Waals surface area contributed by atoms with Crippen molar-refractivity contribution in [3.05, 3.63) is 39.9 Å². The minimum Gasteiger partial charge on any atom is -0.313 e. The van der Waals surface area contributed by atoms with Crippen LogP contribution in [-0.2, 0) is 6.42 Å². The molecule has 2 rings (SSSR count). The third-order valence-electron chi connectivity index (χ3n) is 4.48. The highest BCUT2D eigenvalue weighted by Crippen LogP contribution is 2.35. The highest BCUT2D eigenvalue weighted by Gasteiger charge is 2.31. The Labute approximate surface area is 120 Å². The van der Waals surface area contributed by atoms with E-state index in [1.165, 1.54) is 25.7 Å². The maximum atomic E-state index is 11.0.